The molecule has 2 aromatic rings. The number of nitrogens with zero attached hydrogens (tertiary/aromatic N) is 1. The standard InChI is InChI=1S/C21H23NO6/c1-24-15-9-8-13-6-5-7-17(16(13)12-15)22-28-21(23)14-10-18(25-2)20(27-4)19(11-14)26-3/h8-12H,5-7H2,1-4H3/b22-17-. The smallest absolute Gasteiger partial charge is 0.366 e. The minimum Gasteiger partial charge on any atom is -0.497 e. The average Bonchev–Trinajstić information content (AvgIpc) is 2.75. The molecule has 0 bridgehead atoms. The van der Waals surface area contributed by atoms with Gasteiger partial charge < -0.3 is 23.8 Å². The van der Waals surface area contributed by atoms with Crippen LogP contribution in [-0.4, -0.2) is 40.1 Å². The Kier molecular flexibility index (Phi) is 6.03. The summed E-state index contributed by atoms with van der Waals surface area (Å²) in [5.74, 6) is 1.27. The highest BCUT2D eigenvalue weighted by molar-refractivity contribution is 6.03. The maximum atomic E-state index is 12.6. The van der Waals surface area contributed by atoms with Crippen LogP contribution in [0.3, 0.4) is 0 Å². The van der Waals surface area contributed by atoms with E-state index >= 15 is 0 Å². The minimum absolute atomic E-state index is 0.250. The molecule has 2 aromatic carbocycles. The van der Waals surface area contributed by atoms with Gasteiger partial charge in [0.15, 0.2) is 11.5 Å². The van der Waals surface area contributed by atoms with E-state index in [2.05, 4.69) is 5.16 Å². The molecule has 0 amide bonds. The Morgan fingerprint density at radius 3 is 2.21 bits per heavy atom. The molecule has 28 heavy (non-hydrogen) atoms. The van der Waals surface area contributed by atoms with E-state index < -0.39 is 5.97 Å². The third kappa shape index (κ3) is 3.88. The van der Waals surface area contributed by atoms with Crippen LogP contribution in [0.25, 0.3) is 0 Å². The van der Waals surface area contributed by atoms with Crippen LogP contribution in [0.2, 0.25) is 0 Å². The summed E-state index contributed by atoms with van der Waals surface area (Å²) in [5.41, 5.74) is 3.08. The molecular formula is C21H23NO6. The summed E-state index contributed by atoms with van der Waals surface area (Å²) in [4.78, 5) is 17.8. The first-order valence-electron chi connectivity index (χ1n) is 8.86. The molecule has 1 aliphatic carbocycles. The predicted octanol–water partition coefficient (Wildman–Crippen LogP) is 3.62. The zero-order valence-corrected chi connectivity index (χ0v) is 16.4. The van der Waals surface area contributed by atoms with Crippen molar-refractivity contribution in [2.75, 3.05) is 28.4 Å². The molecule has 7 nitrogen and oxygen atoms in total. The lowest BCUT2D eigenvalue weighted by atomic mass is 9.90. The summed E-state index contributed by atoms with van der Waals surface area (Å²) in [7, 11) is 6.09. The van der Waals surface area contributed by atoms with E-state index in [-0.39, 0.29) is 5.56 Å². The molecule has 7 heteroatoms. The Morgan fingerprint density at radius 2 is 1.61 bits per heavy atom. The first kappa shape index (κ1) is 19.5. The van der Waals surface area contributed by atoms with Crippen LogP contribution in [0.5, 0.6) is 23.0 Å². The lowest BCUT2D eigenvalue weighted by molar-refractivity contribution is 0.0514. The summed E-state index contributed by atoms with van der Waals surface area (Å²) in [6.45, 7) is 0. The van der Waals surface area contributed by atoms with Crippen molar-refractivity contribution in [2.45, 2.75) is 19.3 Å². The van der Waals surface area contributed by atoms with Gasteiger partial charge in [-0.2, -0.15) is 0 Å². The molecule has 0 saturated heterocycles. The van der Waals surface area contributed by atoms with Crippen molar-refractivity contribution in [3.63, 3.8) is 0 Å². The van der Waals surface area contributed by atoms with Crippen LogP contribution in [0.4, 0.5) is 0 Å². The molecule has 0 unspecified atom stereocenters. The topological polar surface area (TPSA) is 75.6 Å². The van der Waals surface area contributed by atoms with Gasteiger partial charge in [-0.1, -0.05) is 11.2 Å². The van der Waals surface area contributed by atoms with Gasteiger partial charge in [0.25, 0.3) is 0 Å². The molecule has 0 saturated carbocycles. The Hall–Kier alpha value is -3.22. The maximum Gasteiger partial charge on any atom is 0.366 e. The van der Waals surface area contributed by atoms with Crippen molar-refractivity contribution >= 4 is 11.7 Å². The van der Waals surface area contributed by atoms with Gasteiger partial charge in [0.2, 0.25) is 5.75 Å². The quantitative estimate of drug-likeness (QED) is 0.558. The van der Waals surface area contributed by atoms with Crippen LogP contribution in [0.15, 0.2) is 35.5 Å². The number of hydrogen-bond acceptors (Lipinski definition) is 7. The molecule has 148 valence electrons. The largest absolute Gasteiger partial charge is 0.497 e. The van der Waals surface area contributed by atoms with Gasteiger partial charge in [0.05, 0.1) is 39.7 Å². The summed E-state index contributed by atoms with van der Waals surface area (Å²) in [6, 6.07) is 8.91. The number of carbonyl (C=O) groups is 1. The van der Waals surface area contributed by atoms with Crippen LogP contribution in [0.1, 0.15) is 34.3 Å². The number of methoxy groups -OCH3 is 4. The normalized spacial score (nSPS) is 14.2. The Morgan fingerprint density at radius 1 is 0.893 bits per heavy atom. The van der Waals surface area contributed by atoms with E-state index in [1.165, 1.54) is 33.5 Å². The van der Waals surface area contributed by atoms with E-state index in [0.29, 0.717) is 17.2 Å². The fraction of sp³-hybridized carbons (Fsp3) is 0.333. The molecule has 0 spiro atoms. The molecule has 0 N–H and O–H groups in total. The monoisotopic (exact) mass is 385 g/mol. The Bertz CT molecular complexity index is 881. The fourth-order valence-corrected chi connectivity index (χ4v) is 3.19. The van der Waals surface area contributed by atoms with Crippen molar-refractivity contribution in [1.29, 1.82) is 0 Å². The summed E-state index contributed by atoms with van der Waals surface area (Å²) in [5, 5.41) is 4.13. The van der Waals surface area contributed by atoms with Gasteiger partial charge in [-0.15, -0.1) is 0 Å². The second-order valence-corrected chi connectivity index (χ2v) is 6.21. The lowest BCUT2D eigenvalue weighted by Crippen LogP contribution is -2.14. The number of ether oxygens (including phenoxy) is 4. The number of rotatable bonds is 6. The van der Waals surface area contributed by atoms with Crippen LogP contribution in [0, 0.1) is 0 Å². The highest BCUT2D eigenvalue weighted by atomic mass is 16.7. The van der Waals surface area contributed by atoms with Crippen molar-refractivity contribution in [2.24, 2.45) is 5.16 Å². The van der Waals surface area contributed by atoms with Crippen molar-refractivity contribution in [3.8, 4) is 23.0 Å². The molecule has 0 aromatic heterocycles. The minimum atomic E-state index is -0.609. The van der Waals surface area contributed by atoms with Crippen LogP contribution >= 0.6 is 0 Å². The zero-order valence-electron chi connectivity index (χ0n) is 16.4. The third-order valence-corrected chi connectivity index (χ3v) is 4.63. The van der Waals surface area contributed by atoms with Gasteiger partial charge in [-0.05, 0) is 49.1 Å². The second-order valence-electron chi connectivity index (χ2n) is 6.21. The SMILES string of the molecule is COc1ccc2c(c1)/C(=N\OC(=O)c1cc(OC)c(OC)c(OC)c1)CCC2. The highest BCUT2D eigenvalue weighted by Gasteiger charge is 2.20. The fourth-order valence-electron chi connectivity index (χ4n) is 3.19. The molecule has 0 fully saturated rings. The molecular weight excluding hydrogens is 362 g/mol. The molecule has 0 radical (unpaired) electrons. The molecule has 3 rings (SSSR count). The summed E-state index contributed by atoms with van der Waals surface area (Å²) in [6.07, 6.45) is 2.63. The highest BCUT2D eigenvalue weighted by Crippen LogP contribution is 2.38. The summed E-state index contributed by atoms with van der Waals surface area (Å²) < 4.78 is 21.1. The van der Waals surface area contributed by atoms with Gasteiger partial charge >= 0.3 is 5.97 Å². The first-order chi connectivity index (χ1) is 13.6. The van der Waals surface area contributed by atoms with Gasteiger partial charge in [0, 0.05) is 5.56 Å². The van der Waals surface area contributed by atoms with E-state index in [1.54, 1.807) is 7.11 Å². The number of aryl methyl sites for hydroxylation is 1. The van der Waals surface area contributed by atoms with E-state index in [1.807, 2.05) is 18.2 Å². The molecule has 0 aliphatic heterocycles. The third-order valence-electron chi connectivity index (χ3n) is 4.63. The number of hydrogen-bond donors (Lipinski definition) is 0. The molecule has 0 heterocycles. The molecule has 0 atom stereocenters. The number of benzene rings is 2. The van der Waals surface area contributed by atoms with E-state index in [9.17, 15) is 4.79 Å². The van der Waals surface area contributed by atoms with Crippen LogP contribution in [-0.2, 0) is 11.3 Å². The average molecular weight is 385 g/mol. The van der Waals surface area contributed by atoms with Crippen molar-refractivity contribution < 1.29 is 28.6 Å². The van der Waals surface area contributed by atoms with E-state index in [0.717, 1.165) is 41.9 Å². The predicted molar refractivity (Wildman–Crippen MR) is 104 cm³/mol. The lowest BCUT2D eigenvalue weighted by Gasteiger charge is -2.18. The van der Waals surface area contributed by atoms with Gasteiger partial charge in [-0.25, -0.2) is 4.79 Å². The van der Waals surface area contributed by atoms with Gasteiger partial charge in [0.1, 0.15) is 5.75 Å². The molecule has 1 aliphatic rings. The second kappa shape index (κ2) is 8.65. The van der Waals surface area contributed by atoms with Crippen molar-refractivity contribution in [3.05, 3.63) is 47.0 Å². The number of fused-ring (bicyclic) bond motifs is 1. The number of carbonyl (C=O) groups excluding carboxylic acids is 1. The van der Waals surface area contributed by atoms with Crippen molar-refractivity contribution in [1.82, 2.24) is 0 Å². The van der Waals surface area contributed by atoms with Gasteiger partial charge in [-0.3, -0.25) is 0 Å². The Balaban J connectivity index is 1.87. The maximum absolute atomic E-state index is 12.6. The summed E-state index contributed by atoms with van der Waals surface area (Å²) >= 11 is 0. The van der Waals surface area contributed by atoms with E-state index in [4.69, 9.17) is 23.8 Å². The van der Waals surface area contributed by atoms with Crippen LogP contribution < -0.4 is 18.9 Å². The first-order valence-corrected chi connectivity index (χ1v) is 8.86. The number of oxime groups is 1. The Labute approximate surface area is 163 Å². The zero-order chi connectivity index (χ0) is 20.1.